The Kier molecular flexibility index (Phi) is 4.93. The number of rotatable bonds is 6. The zero-order valence-electron chi connectivity index (χ0n) is 11.2. The third-order valence-corrected chi connectivity index (χ3v) is 3.93. The van der Waals surface area contributed by atoms with E-state index < -0.39 is 0 Å². The van der Waals surface area contributed by atoms with Crippen LogP contribution in [0.25, 0.3) is 0 Å². The highest BCUT2D eigenvalue weighted by Gasteiger charge is 2.30. The summed E-state index contributed by atoms with van der Waals surface area (Å²) >= 11 is 0. The van der Waals surface area contributed by atoms with Crippen molar-refractivity contribution in [2.24, 2.45) is 11.7 Å². The number of benzene rings is 1. The number of primary amides is 1. The van der Waals surface area contributed by atoms with Gasteiger partial charge in [0, 0.05) is 12.5 Å². The van der Waals surface area contributed by atoms with Crippen LogP contribution in [0.5, 0.6) is 0 Å². The molecule has 1 aromatic carbocycles. The van der Waals surface area contributed by atoms with Gasteiger partial charge in [-0.25, -0.2) is 0 Å². The number of carbonyl (C=O) groups excluding carboxylic acids is 1. The van der Waals surface area contributed by atoms with E-state index in [4.69, 9.17) is 5.73 Å². The van der Waals surface area contributed by atoms with Crippen molar-refractivity contribution in [2.45, 2.75) is 18.8 Å². The van der Waals surface area contributed by atoms with Crippen LogP contribution in [-0.2, 0) is 4.79 Å². The molecule has 2 atom stereocenters. The van der Waals surface area contributed by atoms with Crippen molar-refractivity contribution in [2.75, 3.05) is 26.2 Å². The summed E-state index contributed by atoms with van der Waals surface area (Å²) in [7, 11) is 0. The van der Waals surface area contributed by atoms with Crippen molar-refractivity contribution in [3.05, 3.63) is 35.9 Å². The predicted octanol–water partition coefficient (Wildman–Crippen LogP) is 0.960. The fourth-order valence-electron chi connectivity index (χ4n) is 2.82. The van der Waals surface area contributed by atoms with E-state index in [1.165, 1.54) is 12.8 Å². The van der Waals surface area contributed by atoms with Crippen LogP contribution in [0.1, 0.15) is 24.3 Å². The fourth-order valence-corrected chi connectivity index (χ4v) is 2.82. The lowest BCUT2D eigenvalue weighted by Crippen LogP contribution is -2.39. The quantitative estimate of drug-likeness (QED) is 0.802. The maximum Gasteiger partial charge on any atom is 0.222 e. The normalized spacial score (nSPS) is 19.2. The summed E-state index contributed by atoms with van der Waals surface area (Å²) in [5.41, 5.74) is 6.53. The molecule has 0 spiro atoms. The van der Waals surface area contributed by atoms with Crippen LogP contribution in [0.3, 0.4) is 0 Å². The molecule has 104 valence electrons. The SMILES string of the molecule is NC(=O)C(CN1CCCC1)C(CO)c1ccccc1. The van der Waals surface area contributed by atoms with Crippen molar-refractivity contribution >= 4 is 5.91 Å². The van der Waals surface area contributed by atoms with Gasteiger partial charge in [-0.05, 0) is 31.5 Å². The minimum atomic E-state index is -0.328. The van der Waals surface area contributed by atoms with Gasteiger partial charge in [0.1, 0.15) is 0 Å². The van der Waals surface area contributed by atoms with Crippen molar-refractivity contribution in [1.29, 1.82) is 0 Å². The van der Waals surface area contributed by atoms with Crippen LogP contribution in [0, 0.1) is 5.92 Å². The lowest BCUT2D eigenvalue weighted by atomic mass is 9.85. The second kappa shape index (κ2) is 6.68. The fraction of sp³-hybridized carbons (Fsp3) is 0.533. The molecule has 3 N–H and O–H groups in total. The van der Waals surface area contributed by atoms with Crippen LogP contribution < -0.4 is 5.73 Å². The molecule has 0 aliphatic carbocycles. The molecule has 1 saturated heterocycles. The highest BCUT2D eigenvalue weighted by Crippen LogP contribution is 2.26. The van der Waals surface area contributed by atoms with Gasteiger partial charge in [-0.15, -0.1) is 0 Å². The van der Waals surface area contributed by atoms with E-state index in [1.807, 2.05) is 30.3 Å². The second-order valence-electron chi connectivity index (χ2n) is 5.22. The summed E-state index contributed by atoms with van der Waals surface area (Å²) < 4.78 is 0. The molecule has 1 fully saturated rings. The van der Waals surface area contributed by atoms with Crippen LogP contribution in [0.2, 0.25) is 0 Å². The third kappa shape index (κ3) is 3.55. The monoisotopic (exact) mass is 262 g/mol. The standard InChI is InChI=1S/C15H22N2O2/c16-15(19)13(10-17-8-4-5-9-17)14(11-18)12-6-2-1-3-7-12/h1-3,6-7,13-14,18H,4-5,8-11H2,(H2,16,19). The summed E-state index contributed by atoms with van der Waals surface area (Å²) in [6, 6.07) is 9.66. The number of aliphatic hydroxyl groups is 1. The predicted molar refractivity (Wildman–Crippen MR) is 74.6 cm³/mol. The number of hydrogen-bond acceptors (Lipinski definition) is 3. The van der Waals surface area contributed by atoms with Gasteiger partial charge < -0.3 is 15.7 Å². The number of nitrogens with two attached hydrogens (primary N) is 1. The zero-order valence-corrected chi connectivity index (χ0v) is 11.2. The van der Waals surface area contributed by atoms with Gasteiger partial charge in [-0.1, -0.05) is 30.3 Å². The van der Waals surface area contributed by atoms with Crippen LogP contribution in [0.4, 0.5) is 0 Å². The number of nitrogens with zero attached hydrogens (tertiary/aromatic N) is 1. The molecule has 0 radical (unpaired) electrons. The van der Waals surface area contributed by atoms with Gasteiger partial charge in [0.25, 0.3) is 0 Å². The number of aliphatic hydroxyl groups excluding tert-OH is 1. The molecular weight excluding hydrogens is 240 g/mol. The molecule has 0 bridgehead atoms. The van der Waals surface area contributed by atoms with E-state index in [0.29, 0.717) is 6.54 Å². The minimum Gasteiger partial charge on any atom is -0.396 e. The highest BCUT2D eigenvalue weighted by molar-refractivity contribution is 5.78. The molecule has 2 unspecified atom stereocenters. The molecule has 4 heteroatoms. The Morgan fingerprint density at radius 1 is 1.26 bits per heavy atom. The lowest BCUT2D eigenvalue weighted by Gasteiger charge is -2.27. The van der Waals surface area contributed by atoms with E-state index in [9.17, 15) is 9.90 Å². The first-order chi connectivity index (χ1) is 9.22. The van der Waals surface area contributed by atoms with Gasteiger partial charge in [-0.2, -0.15) is 0 Å². The Morgan fingerprint density at radius 3 is 2.42 bits per heavy atom. The van der Waals surface area contributed by atoms with Crippen molar-refractivity contribution in [1.82, 2.24) is 4.90 Å². The minimum absolute atomic E-state index is 0.0501. The molecule has 1 amide bonds. The zero-order chi connectivity index (χ0) is 13.7. The highest BCUT2D eigenvalue weighted by atomic mass is 16.3. The summed E-state index contributed by atoms with van der Waals surface area (Å²) in [5, 5.41) is 9.65. The van der Waals surface area contributed by atoms with Gasteiger partial charge in [0.2, 0.25) is 5.91 Å². The molecule has 4 nitrogen and oxygen atoms in total. The number of amides is 1. The van der Waals surface area contributed by atoms with E-state index >= 15 is 0 Å². The number of likely N-dealkylation sites (tertiary alicyclic amines) is 1. The summed E-state index contributed by atoms with van der Waals surface area (Å²) in [6.45, 7) is 2.65. The van der Waals surface area contributed by atoms with Gasteiger partial charge >= 0.3 is 0 Å². The maximum absolute atomic E-state index is 11.7. The molecular formula is C15H22N2O2. The summed E-state index contributed by atoms with van der Waals surface area (Å²) in [5.74, 6) is -0.861. The number of carbonyl (C=O) groups is 1. The third-order valence-electron chi connectivity index (χ3n) is 3.93. The molecule has 0 saturated carbocycles. The smallest absolute Gasteiger partial charge is 0.222 e. The topological polar surface area (TPSA) is 66.6 Å². The van der Waals surface area contributed by atoms with Crippen LogP contribution in [0.15, 0.2) is 30.3 Å². The van der Waals surface area contributed by atoms with Gasteiger partial charge in [0.05, 0.1) is 12.5 Å². The molecule has 1 aromatic rings. The summed E-state index contributed by atoms with van der Waals surface area (Å²) in [4.78, 5) is 14.0. The molecule has 1 aliphatic heterocycles. The molecule has 1 heterocycles. The largest absolute Gasteiger partial charge is 0.396 e. The van der Waals surface area contributed by atoms with Crippen molar-refractivity contribution < 1.29 is 9.90 Å². The first-order valence-electron chi connectivity index (χ1n) is 6.90. The average molecular weight is 262 g/mol. The van der Waals surface area contributed by atoms with Crippen molar-refractivity contribution in [3.8, 4) is 0 Å². The Bertz CT molecular complexity index is 402. The lowest BCUT2D eigenvalue weighted by molar-refractivity contribution is -0.123. The van der Waals surface area contributed by atoms with E-state index in [-0.39, 0.29) is 24.3 Å². The average Bonchev–Trinajstić information content (AvgIpc) is 2.92. The molecule has 2 rings (SSSR count). The Balaban J connectivity index is 2.13. The Morgan fingerprint density at radius 2 is 1.89 bits per heavy atom. The van der Waals surface area contributed by atoms with E-state index in [0.717, 1.165) is 18.7 Å². The molecule has 19 heavy (non-hydrogen) atoms. The Labute approximate surface area is 114 Å². The first-order valence-corrected chi connectivity index (χ1v) is 6.90. The summed E-state index contributed by atoms with van der Waals surface area (Å²) in [6.07, 6.45) is 2.36. The van der Waals surface area contributed by atoms with E-state index in [2.05, 4.69) is 4.90 Å². The van der Waals surface area contributed by atoms with Gasteiger partial charge in [-0.3, -0.25) is 4.79 Å². The first kappa shape index (κ1) is 14.0. The van der Waals surface area contributed by atoms with E-state index in [1.54, 1.807) is 0 Å². The van der Waals surface area contributed by atoms with Crippen LogP contribution in [-0.4, -0.2) is 42.2 Å². The number of hydrogen-bond donors (Lipinski definition) is 2. The van der Waals surface area contributed by atoms with Crippen LogP contribution >= 0.6 is 0 Å². The maximum atomic E-state index is 11.7. The molecule has 0 aromatic heterocycles. The Hall–Kier alpha value is -1.39. The second-order valence-corrected chi connectivity index (χ2v) is 5.22. The molecule has 1 aliphatic rings. The van der Waals surface area contributed by atoms with Gasteiger partial charge in [0.15, 0.2) is 0 Å². The van der Waals surface area contributed by atoms with Crippen molar-refractivity contribution in [3.63, 3.8) is 0 Å².